The molecule has 4 nitrogen and oxygen atoms in total. The van der Waals surface area contributed by atoms with Crippen molar-refractivity contribution in [1.29, 1.82) is 0 Å². The molecule has 0 bridgehead atoms. The van der Waals surface area contributed by atoms with Gasteiger partial charge in [-0.3, -0.25) is 0 Å². The third-order valence-corrected chi connectivity index (χ3v) is 4.29. The fraction of sp³-hybridized carbons (Fsp3) is 0.941. The summed E-state index contributed by atoms with van der Waals surface area (Å²) in [4.78, 5) is 0. The van der Waals surface area contributed by atoms with Gasteiger partial charge in [-0.05, 0) is 6.42 Å². The van der Waals surface area contributed by atoms with Crippen molar-refractivity contribution in [3.63, 3.8) is 0 Å². The second kappa shape index (κ2) is 12.8. The lowest BCUT2D eigenvalue weighted by molar-refractivity contribution is 0.523. The minimum atomic E-state index is 0.437. The Hall–Kier alpha value is -0.930. The summed E-state index contributed by atoms with van der Waals surface area (Å²) in [7, 11) is 0. The Morgan fingerprint density at radius 3 is 1.81 bits per heavy atom. The fourth-order valence-electron chi connectivity index (χ4n) is 2.80. The van der Waals surface area contributed by atoms with Gasteiger partial charge in [0.1, 0.15) is 0 Å². The van der Waals surface area contributed by atoms with Gasteiger partial charge in [-0.2, -0.15) is 5.21 Å². The number of hydrogen-bond acceptors (Lipinski definition) is 3. The summed E-state index contributed by atoms with van der Waals surface area (Å²) < 4.78 is 0. The number of unbranched alkanes of at least 4 members (excludes halogenated alkanes) is 11. The third-order valence-electron chi connectivity index (χ3n) is 4.29. The van der Waals surface area contributed by atoms with Crippen molar-refractivity contribution in [2.24, 2.45) is 0 Å². The Morgan fingerprint density at radius 1 is 0.810 bits per heavy atom. The van der Waals surface area contributed by atoms with Crippen molar-refractivity contribution >= 4 is 0 Å². The smallest absolute Gasteiger partial charge is 0.177 e. The molecule has 1 aromatic heterocycles. The van der Waals surface area contributed by atoms with Crippen molar-refractivity contribution in [2.45, 2.75) is 103 Å². The van der Waals surface area contributed by atoms with Crippen LogP contribution in [0.3, 0.4) is 0 Å². The first-order valence-corrected chi connectivity index (χ1v) is 9.08. The van der Waals surface area contributed by atoms with Gasteiger partial charge in [-0.15, -0.1) is 10.2 Å². The summed E-state index contributed by atoms with van der Waals surface area (Å²) in [6.45, 7) is 4.46. The highest BCUT2D eigenvalue weighted by Gasteiger charge is 2.09. The van der Waals surface area contributed by atoms with E-state index in [-0.39, 0.29) is 0 Å². The van der Waals surface area contributed by atoms with E-state index in [1.54, 1.807) is 0 Å². The molecule has 0 amide bonds. The molecule has 0 aliphatic rings. The average molecular weight is 294 g/mol. The Bertz CT molecular complexity index is 311. The molecule has 1 unspecified atom stereocenters. The van der Waals surface area contributed by atoms with Crippen LogP contribution in [0, 0.1) is 0 Å². The number of tetrazole rings is 1. The van der Waals surface area contributed by atoms with Crippen LogP contribution in [-0.4, -0.2) is 20.6 Å². The van der Waals surface area contributed by atoms with Gasteiger partial charge in [0.25, 0.3) is 0 Å². The van der Waals surface area contributed by atoms with E-state index in [0.29, 0.717) is 5.92 Å². The zero-order chi connectivity index (χ0) is 15.2. The van der Waals surface area contributed by atoms with Crippen molar-refractivity contribution < 1.29 is 0 Å². The van der Waals surface area contributed by atoms with Gasteiger partial charge in [0.15, 0.2) is 5.82 Å². The normalized spacial score (nSPS) is 12.7. The fourth-order valence-corrected chi connectivity index (χ4v) is 2.80. The van der Waals surface area contributed by atoms with Crippen LogP contribution in [0.25, 0.3) is 0 Å². The standard InChI is InChI=1S/C17H34N4/c1-3-4-5-6-7-8-9-10-11-12-13-14-15-16(2)17-18-20-21-19-17/h16H,3-15H2,1-2H3,(H,18,19,20,21). The number of H-pyrrole nitrogens is 1. The van der Waals surface area contributed by atoms with Crippen molar-refractivity contribution in [2.75, 3.05) is 0 Å². The minimum Gasteiger partial charge on any atom is -0.177 e. The average Bonchev–Trinajstić information content (AvgIpc) is 3.02. The molecule has 21 heavy (non-hydrogen) atoms. The second-order valence-corrected chi connectivity index (χ2v) is 6.35. The van der Waals surface area contributed by atoms with Gasteiger partial charge in [-0.1, -0.05) is 96.1 Å². The SMILES string of the molecule is CCCCCCCCCCCCCCC(C)c1nn[nH]n1. The van der Waals surface area contributed by atoms with E-state index in [9.17, 15) is 0 Å². The van der Waals surface area contributed by atoms with Crippen LogP contribution in [0.15, 0.2) is 0 Å². The predicted molar refractivity (Wildman–Crippen MR) is 88.3 cm³/mol. The Balaban J connectivity index is 1.78. The molecule has 4 heteroatoms. The quantitative estimate of drug-likeness (QED) is 0.468. The Labute approximate surface area is 130 Å². The summed E-state index contributed by atoms with van der Waals surface area (Å²) in [6.07, 6.45) is 18.0. The largest absolute Gasteiger partial charge is 0.177 e. The lowest BCUT2D eigenvalue weighted by Crippen LogP contribution is -1.96. The van der Waals surface area contributed by atoms with Gasteiger partial charge in [0, 0.05) is 5.92 Å². The van der Waals surface area contributed by atoms with Gasteiger partial charge >= 0.3 is 0 Å². The number of aromatic nitrogens is 4. The first kappa shape index (κ1) is 18.1. The van der Waals surface area contributed by atoms with Gasteiger partial charge in [0.2, 0.25) is 0 Å². The molecule has 1 heterocycles. The maximum atomic E-state index is 4.04. The van der Waals surface area contributed by atoms with Crippen molar-refractivity contribution in [3.05, 3.63) is 5.82 Å². The highest BCUT2D eigenvalue weighted by Crippen LogP contribution is 2.18. The summed E-state index contributed by atoms with van der Waals surface area (Å²) in [5.41, 5.74) is 0. The van der Waals surface area contributed by atoms with Crippen molar-refractivity contribution in [1.82, 2.24) is 20.6 Å². The molecule has 0 aliphatic carbocycles. The zero-order valence-corrected chi connectivity index (χ0v) is 14.1. The summed E-state index contributed by atoms with van der Waals surface area (Å²) in [6, 6.07) is 0. The van der Waals surface area contributed by atoms with Crippen LogP contribution in [0.5, 0.6) is 0 Å². The molecule has 0 aliphatic heterocycles. The first-order valence-electron chi connectivity index (χ1n) is 9.08. The molecule has 0 aromatic carbocycles. The molecule has 0 spiro atoms. The van der Waals surface area contributed by atoms with Crippen LogP contribution >= 0.6 is 0 Å². The molecule has 0 fully saturated rings. The first-order chi connectivity index (χ1) is 10.3. The summed E-state index contributed by atoms with van der Waals surface area (Å²) >= 11 is 0. The van der Waals surface area contributed by atoms with E-state index < -0.39 is 0 Å². The molecule has 1 rings (SSSR count). The maximum Gasteiger partial charge on any atom is 0.177 e. The second-order valence-electron chi connectivity index (χ2n) is 6.35. The molecule has 1 N–H and O–H groups in total. The molecule has 1 atom stereocenters. The van der Waals surface area contributed by atoms with Gasteiger partial charge in [-0.25, -0.2) is 0 Å². The lowest BCUT2D eigenvalue weighted by Gasteiger charge is -2.06. The summed E-state index contributed by atoms with van der Waals surface area (Å²) in [5, 5.41) is 14.2. The van der Waals surface area contributed by atoms with Crippen LogP contribution in [-0.2, 0) is 0 Å². The number of rotatable bonds is 14. The van der Waals surface area contributed by atoms with Crippen LogP contribution in [0.1, 0.15) is 109 Å². The number of aromatic amines is 1. The minimum absolute atomic E-state index is 0.437. The topological polar surface area (TPSA) is 54.5 Å². The highest BCUT2D eigenvalue weighted by atomic mass is 15.5. The Morgan fingerprint density at radius 2 is 1.33 bits per heavy atom. The van der Waals surface area contributed by atoms with E-state index in [4.69, 9.17) is 0 Å². The van der Waals surface area contributed by atoms with Crippen molar-refractivity contribution in [3.8, 4) is 0 Å². The monoisotopic (exact) mass is 294 g/mol. The molecule has 0 saturated heterocycles. The van der Waals surface area contributed by atoms with E-state index in [2.05, 4.69) is 34.5 Å². The third kappa shape index (κ3) is 9.59. The van der Waals surface area contributed by atoms with Gasteiger partial charge < -0.3 is 0 Å². The molecule has 0 radical (unpaired) electrons. The number of hydrogen-bond donors (Lipinski definition) is 1. The van der Waals surface area contributed by atoms with Crippen LogP contribution in [0.4, 0.5) is 0 Å². The molecular weight excluding hydrogens is 260 g/mol. The van der Waals surface area contributed by atoms with E-state index in [1.807, 2.05) is 0 Å². The van der Waals surface area contributed by atoms with E-state index >= 15 is 0 Å². The van der Waals surface area contributed by atoms with Crippen LogP contribution < -0.4 is 0 Å². The summed E-state index contributed by atoms with van der Waals surface area (Å²) in [5.74, 6) is 1.30. The van der Waals surface area contributed by atoms with E-state index in [1.165, 1.54) is 83.5 Å². The maximum absolute atomic E-state index is 4.04. The molecular formula is C17H34N4. The predicted octanol–water partition coefficient (Wildman–Crippen LogP) is 5.39. The highest BCUT2D eigenvalue weighted by molar-refractivity contribution is 4.86. The molecule has 0 saturated carbocycles. The molecule has 122 valence electrons. The number of nitrogens with zero attached hydrogens (tertiary/aromatic N) is 3. The zero-order valence-electron chi connectivity index (χ0n) is 14.1. The Kier molecular flexibility index (Phi) is 11.0. The van der Waals surface area contributed by atoms with Gasteiger partial charge in [0.05, 0.1) is 0 Å². The van der Waals surface area contributed by atoms with Crippen LogP contribution in [0.2, 0.25) is 0 Å². The molecule has 1 aromatic rings. The lowest BCUT2D eigenvalue weighted by atomic mass is 10.0. The number of nitrogens with one attached hydrogen (secondary N) is 1. The van der Waals surface area contributed by atoms with E-state index in [0.717, 1.165) is 5.82 Å².